The molecule has 1 atom stereocenters. The van der Waals surface area contributed by atoms with Crippen LogP contribution in [0.1, 0.15) is 17.3 Å². The van der Waals surface area contributed by atoms with Gasteiger partial charge in [-0.25, -0.2) is 4.98 Å². The first kappa shape index (κ1) is 12.2. The van der Waals surface area contributed by atoms with E-state index in [4.69, 9.17) is 5.73 Å². The van der Waals surface area contributed by atoms with Crippen molar-refractivity contribution in [1.82, 2.24) is 14.9 Å². The molecule has 0 aliphatic rings. The van der Waals surface area contributed by atoms with Gasteiger partial charge in [0, 0.05) is 36.9 Å². The van der Waals surface area contributed by atoms with Gasteiger partial charge in [0.15, 0.2) is 0 Å². The molecule has 0 spiro atoms. The summed E-state index contributed by atoms with van der Waals surface area (Å²) in [5, 5.41) is 2.06. The number of likely N-dealkylation sites (N-methyl/N-ethyl adjacent to an activating group) is 1. The smallest absolute Gasteiger partial charge is 0.0795 e. The van der Waals surface area contributed by atoms with Crippen molar-refractivity contribution in [1.29, 1.82) is 0 Å². The number of pyridine rings is 1. The Hall–Kier alpha value is -1.30. The Balaban J connectivity index is 2.08. The van der Waals surface area contributed by atoms with E-state index in [1.807, 2.05) is 17.8 Å². The Labute approximate surface area is 105 Å². The van der Waals surface area contributed by atoms with Gasteiger partial charge in [-0.2, -0.15) is 0 Å². The molecule has 0 aliphatic heterocycles. The summed E-state index contributed by atoms with van der Waals surface area (Å²) < 4.78 is 0. The fraction of sp³-hybridized carbons (Fsp3) is 0.333. The summed E-state index contributed by atoms with van der Waals surface area (Å²) >= 11 is 1.62. The Morgan fingerprint density at radius 1 is 1.53 bits per heavy atom. The number of rotatable bonds is 5. The van der Waals surface area contributed by atoms with Crippen LogP contribution in [0.2, 0.25) is 0 Å². The number of nitrogens with two attached hydrogens (primary N) is 1. The highest BCUT2D eigenvalue weighted by atomic mass is 32.1. The standard InChI is InChI=1S/C12H16N4S/c1-16(7-11-8-17-9-15-11)12(5-13)10-3-2-4-14-6-10/h2-4,6,8-9,12H,5,7,13H2,1H3. The lowest BCUT2D eigenvalue weighted by Crippen LogP contribution is -2.30. The molecule has 90 valence electrons. The molecule has 5 heteroatoms. The molecule has 0 radical (unpaired) electrons. The summed E-state index contributed by atoms with van der Waals surface area (Å²) in [5.74, 6) is 0. The molecule has 2 rings (SSSR count). The quantitative estimate of drug-likeness (QED) is 0.874. The molecule has 0 saturated carbocycles. The Morgan fingerprint density at radius 2 is 2.41 bits per heavy atom. The SMILES string of the molecule is CN(Cc1cscn1)C(CN)c1cccnc1. The van der Waals surface area contributed by atoms with Crippen molar-refractivity contribution in [2.24, 2.45) is 5.73 Å². The van der Waals surface area contributed by atoms with Crippen molar-refractivity contribution in [2.75, 3.05) is 13.6 Å². The van der Waals surface area contributed by atoms with Gasteiger partial charge in [0.2, 0.25) is 0 Å². The highest BCUT2D eigenvalue weighted by molar-refractivity contribution is 7.07. The van der Waals surface area contributed by atoms with Crippen LogP contribution in [-0.4, -0.2) is 28.5 Å². The highest BCUT2D eigenvalue weighted by Crippen LogP contribution is 2.19. The second kappa shape index (κ2) is 5.86. The topological polar surface area (TPSA) is 55.0 Å². The number of aromatic nitrogens is 2. The first-order chi connectivity index (χ1) is 8.31. The third-order valence-corrected chi connectivity index (χ3v) is 3.35. The molecule has 17 heavy (non-hydrogen) atoms. The highest BCUT2D eigenvalue weighted by Gasteiger charge is 2.16. The minimum absolute atomic E-state index is 0.186. The van der Waals surface area contributed by atoms with Gasteiger partial charge in [0.05, 0.1) is 11.2 Å². The van der Waals surface area contributed by atoms with Crippen LogP contribution in [0.5, 0.6) is 0 Å². The van der Waals surface area contributed by atoms with Gasteiger partial charge < -0.3 is 5.73 Å². The predicted molar refractivity (Wildman–Crippen MR) is 69.6 cm³/mol. The maximum atomic E-state index is 5.85. The molecule has 0 amide bonds. The lowest BCUT2D eigenvalue weighted by atomic mass is 10.1. The summed E-state index contributed by atoms with van der Waals surface area (Å²) in [4.78, 5) is 10.6. The molecular weight excluding hydrogens is 232 g/mol. The van der Waals surface area contributed by atoms with Crippen molar-refractivity contribution < 1.29 is 0 Å². The summed E-state index contributed by atoms with van der Waals surface area (Å²) in [7, 11) is 2.06. The first-order valence-electron chi connectivity index (χ1n) is 5.48. The fourth-order valence-electron chi connectivity index (χ4n) is 1.82. The van der Waals surface area contributed by atoms with Crippen LogP contribution in [0.25, 0.3) is 0 Å². The average Bonchev–Trinajstić information content (AvgIpc) is 2.84. The van der Waals surface area contributed by atoms with E-state index < -0.39 is 0 Å². The van der Waals surface area contributed by atoms with Gasteiger partial charge in [0.1, 0.15) is 0 Å². The van der Waals surface area contributed by atoms with E-state index in [0.29, 0.717) is 6.54 Å². The van der Waals surface area contributed by atoms with Crippen LogP contribution in [0, 0.1) is 0 Å². The first-order valence-corrected chi connectivity index (χ1v) is 6.43. The molecule has 1 unspecified atom stereocenters. The molecule has 2 N–H and O–H groups in total. The van der Waals surface area contributed by atoms with E-state index in [1.165, 1.54) is 0 Å². The Morgan fingerprint density at radius 3 is 3.00 bits per heavy atom. The largest absolute Gasteiger partial charge is 0.329 e. The molecule has 0 fully saturated rings. The van der Waals surface area contributed by atoms with Crippen molar-refractivity contribution in [3.8, 4) is 0 Å². The zero-order valence-electron chi connectivity index (χ0n) is 9.78. The Kier molecular flexibility index (Phi) is 4.19. The van der Waals surface area contributed by atoms with Crippen LogP contribution in [0.3, 0.4) is 0 Å². The predicted octanol–water partition coefficient (Wildman–Crippen LogP) is 1.67. The third-order valence-electron chi connectivity index (χ3n) is 2.72. The summed E-state index contributed by atoms with van der Waals surface area (Å²) in [5.41, 5.74) is 9.93. The third kappa shape index (κ3) is 3.09. The van der Waals surface area contributed by atoms with Crippen LogP contribution < -0.4 is 5.73 Å². The summed E-state index contributed by atoms with van der Waals surface area (Å²) in [6, 6.07) is 4.18. The van der Waals surface area contributed by atoms with Gasteiger partial charge in [-0.3, -0.25) is 9.88 Å². The van der Waals surface area contributed by atoms with Gasteiger partial charge >= 0.3 is 0 Å². The maximum Gasteiger partial charge on any atom is 0.0795 e. The molecule has 0 saturated heterocycles. The second-order valence-electron chi connectivity index (χ2n) is 3.93. The van der Waals surface area contributed by atoms with Crippen molar-refractivity contribution in [3.05, 3.63) is 46.7 Å². The Bertz CT molecular complexity index is 429. The minimum Gasteiger partial charge on any atom is -0.329 e. The normalized spacial score (nSPS) is 12.9. The molecule has 0 bridgehead atoms. The van der Waals surface area contributed by atoms with E-state index in [2.05, 4.69) is 33.4 Å². The molecule has 2 heterocycles. The zero-order valence-corrected chi connectivity index (χ0v) is 10.6. The molecular formula is C12H16N4S. The number of thiazole rings is 1. The van der Waals surface area contributed by atoms with Gasteiger partial charge in [0.25, 0.3) is 0 Å². The average molecular weight is 248 g/mol. The molecule has 0 aliphatic carbocycles. The summed E-state index contributed by atoms with van der Waals surface area (Å²) in [6.45, 7) is 1.38. The fourth-order valence-corrected chi connectivity index (χ4v) is 2.37. The van der Waals surface area contributed by atoms with Crippen LogP contribution >= 0.6 is 11.3 Å². The molecule has 2 aromatic rings. The maximum absolute atomic E-state index is 5.85. The van der Waals surface area contributed by atoms with E-state index in [-0.39, 0.29) is 6.04 Å². The van der Waals surface area contributed by atoms with Gasteiger partial charge in [-0.05, 0) is 18.7 Å². The minimum atomic E-state index is 0.186. The van der Waals surface area contributed by atoms with Crippen LogP contribution in [0.15, 0.2) is 35.4 Å². The summed E-state index contributed by atoms with van der Waals surface area (Å²) in [6.07, 6.45) is 3.65. The van der Waals surface area contributed by atoms with E-state index in [9.17, 15) is 0 Å². The zero-order chi connectivity index (χ0) is 12.1. The molecule has 0 aromatic carbocycles. The lowest BCUT2D eigenvalue weighted by molar-refractivity contribution is 0.239. The van der Waals surface area contributed by atoms with E-state index in [1.54, 1.807) is 17.5 Å². The molecule has 4 nitrogen and oxygen atoms in total. The number of nitrogens with zero attached hydrogens (tertiary/aromatic N) is 3. The van der Waals surface area contributed by atoms with E-state index in [0.717, 1.165) is 17.8 Å². The van der Waals surface area contributed by atoms with Crippen LogP contribution in [-0.2, 0) is 6.54 Å². The van der Waals surface area contributed by atoms with Crippen LogP contribution in [0.4, 0.5) is 0 Å². The second-order valence-corrected chi connectivity index (χ2v) is 4.65. The number of hydrogen-bond donors (Lipinski definition) is 1. The van der Waals surface area contributed by atoms with Crippen molar-refractivity contribution >= 4 is 11.3 Å². The van der Waals surface area contributed by atoms with Gasteiger partial charge in [-0.15, -0.1) is 11.3 Å². The van der Waals surface area contributed by atoms with Crippen molar-refractivity contribution in [3.63, 3.8) is 0 Å². The molecule has 2 aromatic heterocycles. The van der Waals surface area contributed by atoms with Gasteiger partial charge in [-0.1, -0.05) is 6.07 Å². The lowest BCUT2D eigenvalue weighted by Gasteiger charge is -2.26. The van der Waals surface area contributed by atoms with Crippen molar-refractivity contribution in [2.45, 2.75) is 12.6 Å². The number of hydrogen-bond acceptors (Lipinski definition) is 5. The van der Waals surface area contributed by atoms with E-state index >= 15 is 0 Å². The monoisotopic (exact) mass is 248 g/mol.